The topological polar surface area (TPSA) is 41.1 Å². The Labute approximate surface area is 134 Å². The molecule has 3 nitrogen and oxygen atoms in total. The van der Waals surface area contributed by atoms with Crippen molar-refractivity contribution < 1.29 is 4.79 Å². The van der Waals surface area contributed by atoms with Gasteiger partial charge in [-0.1, -0.05) is 47.5 Å². The normalized spacial score (nSPS) is 10.4. The molecule has 0 aliphatic heterocycles. The van der Waals surface area contributed by atoms with E-state index in [1.54, 1.807) is 6.07 Å². The predicted octanol–water partition coefficient (Wildman–Crippen LogP) is 3.76. The van der Waals surface area contributed by atoms with E-state index in [2.05, 4.69) is 10.6 Å². The zero-order valence-corrected chi connectivity index (χ0v) is 12.9. The molecule has 0 atom stereocenters. The molecule has 0 saturated heterocycles. The van der Waals surface area contributed by atoms with Gasteiger partial charge in [0, 0.05) is 15.7 Å². The van der Waals surface area contributed by atoms with Crippen LogP contribution in [-0.4, -0.2) is 19.0 Å². The molecule has 0 fully saturated rings. The second-order valence-corrected chi connectivity index (χ2v) is 5.42. The first-order valence-corrected chi connectivity index (χ1v) is 7.40. The molecule has 0 bridgehead atoms. The van der Waals surface area contributed by atoms with Gasteiger partial charge in [0.05, 0.1) is 6.54 Å². The molecule has 0 heterocycles. The fraction of sp³-hybridized carbons (Fsp3) is 0.188. The van der Waals surface area contributed by atoms with Crippen LogP contribution in [0.5, 0.6) is 0 Å². The Morgan fingerprint density at radius 1 is 1.05 bits per heavy atom. The highest BCUT2D eigenvalue weighted by Crippen LogP contribution is 2.20. The smallest absolute Gasteiger partial charge is 0.238 e. The van der Waals surface area contributed by atoms with E-state index in [0.29, 0.717) is 16.6 Å². The van der Waals surface area contributed by atoms with Gasteiger partial charge in [-0.3, -0.25) is 4.79 Å². The van der Waals surface area contributed by atoms with Crippen LogP contribution >= 0.6 is 23.2 Å². The molecule has 2 rings (SSSR count). The molecule has 2 aromatic rings. The largest absolute Gasteiger partial charge is 0.325 e. The molecule has 0 saturated carbocycles. The summed E-state index contributed by atoms with van der Waals surface area (Å²) < 4.78 is 0. The Morgan fingerprint density at radius 2 is 1.81 bits per heavy atom. The molecule has 21 heavy (non-hydrogen) atoms. The molecule has 0 spiro atoms. The van der Waals surface area contributed by atoms with Crippen LogP contribution in [-0.2, 0) is 11.2 Å². The van der Waals surface area contributed by atoms with E-state index >= 15 is 0 Å². The van der Waals surface area contributed by atoms with Crippen LogP contribution in [0, 0.1) is 0 Å². The number of hydrogen-bond donors (Lipinski definition) is 2. The van der Waals surface area contributed by atoms with E-state index < -0.39 is 0 Å². The lowest BCUT2D eigenvalue weighted by molar-refractivity contribution is -0.115. The standard InChI is InChI=1S/C16H16Cl2N2O/c17-13-7-6-12(15(18)10-13)8-9-19-11-16(21)20-14-4-2-1-3-5-14/h1-7,10,19H,8-9,11H2,(H,20,21). The van der Waals surface area contributed by atoms with Gasteiger partial charge in [0.25, 0.3) is 0 Å². The number of carbonyl (C=O) groups is 1. The Bertz CT molecular complexity index is 602. The maximum atomic E-state index is 11.7. The fourth-order valence-corrected chi connectivity index (χ4v) is 2.38. The van der Waals surface area contributed by atoms with Crippen LogP contribution in [0.25, 0.3) is 0 Å². The molecule has 2 aromatic carbocycles. The van der Waals surface area contributed by atoms with Crippen LogP contribution in [0.3, 0.4) is 0 Å². The third-order valence-electron chi connectivity index (χ3n) is 2.93. The minimum Gasteiger partial charge on any atom is -0.325 e. The number of halogens is 2. The molecule has 0 aliphatic carbocycles. The van der Waals surface area contributed by atoms with Crippen molar-refractivity contribution in [2.75, 3.05) is 18.4 Å². The molecule has 0 unspecified atom stereocenters. The minimum atomic E-state index is -0.0663. The Balaban J connectivity index is 1.71. The van der Waals surface area contributed by atoms with Crippen molar-refractivity contribution in [3.8, 4) is 0 Å². The number of amides is 1. The number of hydrogen-bond acceptors (Lipinski definition) is 2. The van der Waals surface area contributed by atoms with E-state index in [4.69, 9.17) is 23.2 Å². The molecule has 0 radical (unpaired) electrons. The van der Waals surface area contributed by atoms with Gasteiger partial charge in [0.1, 0.15) is 0 Å². The molecular formula is C16H16Cl2N2O. The molecule has 110 valence electrons. The van der Waals surface area contributed by atoms with E-state index in [0.717, 1.165) is 17.7 Å². The lowest BCUT2D eigenvalue weighted by atomic mass is 10.1. The van der Waals surface area contributed by atoms with Crippen LogP contribution in [0.4, 0.5) is 5.69 Å². The van der Waals surface area contributed by atoms with Gasteiger partial charge in [-0.25, -0.2) is 0 Å². The molecule has 1 amide bonds. The molecule has 2 N–H and O–H groups in total. The quantitative estimate of drug-likeness (QED) is 0.795. The van der Waals surface area contributed by atoms with Gasteiger partial charge >= 0.3 is 0 Å². The first kappa shape index (κ1) is 15.8. The first-order valence-electron chi connectivity index (χ1n) is 6.65. The van der Waals surface area contributed by atoms with Crippen molar-refractivity contribution in [2.45, 2.75) is 6.42 Å². The SMILES string of the molecule is O=C(CNCCc1ccc(Cl)cc1Cl)Nc1ccccc1. The minimum absolute atomic E-state index is 0.0663. The van der Waals surface area contributed by atoms with E-state index in [9.17, 15) is 4.79 Å². The number of nitrogens with one attached hydrogen (secondary N) is 2. The molecular weight excluding hydrogens is 307 g/mol. The van der Waals surface area contributed by atoms with E-state index in [1.807, 2.05) is 42.5 Å². The van der Waals surface area contributed by atoms with Crippen molar-refractivity contribution in [2.24, 2.45) is 0 Å². The second-order valence-electron chi connectivity index (χ2n) is 4.58. The summed E-state index contributed by atoms with van der Waals surface area (Å²) in [6.45, 7) is 0.934. The average molecular weight is 323 g/mol. The summed E-state index contributed by atoms with van der Waals surface area (Å²) in [5.74, 6) is -0.0663. The van der Waals surface area contributed by atoms with Crippen LogP contribution in [0.2, 0.25) is 10.0 Å². The highest BCUT2D eigenvalue weighted by Gasteiger charge is 2.03. The second kappa shape index (κ2) is 8.03. The first-order chi connectivity index (χ1) is 10.1. The van der Waals surface area contributed by atoms with E-state index in [1.165, 1.54) is 0 Å². The Morgan fingerprint density at radius 3 is 2.52 bits per heavy atom. The number of anilines is 1. The summed E-state index contributed by atoms with van der Waals surface area (Å²) in [7, 11) is 0. The summed E-state index contributed by atoms with van der Waals surface area (Å²) in [5.41, 5.74) is 1.81. The van der Waals surface area contributed by atoms with Crippen molar-refractivity contribution in [1.82, 2.24) is 5.32 Å². The maximum Gasteiger partial charge on any atom is 0.238 e. The Hall–Kier alpha value is -1.55. The zero-order valence-electron chi connectivity index (χ0n) is 11.4. The lowest BCUT2D eigenvalue weighted by Crippen LogP contribution is -2.29. The number of carbonyl (C=O) groups excluding carboxylic acids is 1. The molecule has 0 aliphatic rings. The average Bonchev–Trinajstić information content (AvgIpc) is 2.46. The summed E-state index contributed by atoms with van der Waals surface area (Å²) in [4.78, 5) is 11.7. The highest BCUT2D eigenvalue weighted by molar-refractivity contribution is 6.35. The summed E-state index contributed by atoms with van der Waals surface area (Å²) in [6, 6.07) is 14.8. The van der Waals surface area contributed by atoms with Gasteiger partial charge in [-0.2, -0.15) is 0 Å². The highest BCUT2D eigenvalue weighted by atomic mass is 35.5. The van der Waals surface area contributed by atoms with Crippen molar-refractivity contribution in [3.63, 3.8) is 0 Å². The van der Waals surface area contributed by atoms with E-state index in [-0.39, 0.29) is 12.5 Å². The van der Waals surface area contributed by atoms with Crippen LogP contribution < -0.4 is 10.6 Å². The zero-order chi connectivity index (χ0) is 15.1. The number of rotatable bonds is 6. The van der Waals surface area contributed by atoms with Gasteiger partial charge in [0.15, 0.2) is 0 Å². The molecule has 0 aromatic heterocycles. The van der Waals surface area contributed by atoms with Gasteiger partial charge in [-0.15, -0.1) is 0 Å². The Kier molecular flexibility index (Phi) is 6.05. The van der Waals surface area contributed by atoms with Crippen molar-refractivity contribution in [3.05, 3.63) is 64.1 Å². The summed E-state index contributed by atoms with van der Waals surface area (Å²) >= 11 is 11.9. The number of para-hydroxylation sites is 1. The van der Waals surface area contributed by atoms with Gasteiger partial charge in [-0.05, 0) is 42.8 Å². The number of benzene rings is 2. The summed E-state index contributed by atoms with van der Waals surface area (Å²) in [6.07, 6.45) is 0.745. The predicted molar refractivity (Wildman–Crippen MR) is 88.1 cm³/mol. The fourth-order valence-electron chi connectivity index (χ4n) is 1.88. The molecule has 5 heteroatoms. The lowest BCUT2D eigenvalue weighted by Gasteiger charge is -2.08. The van der Waals surface area contributed by atoms with Crippen molar-refractivity contribution >= 4 is 34.8 Å². The monoisotopic (exact) mass is 322 g/mol. The summed E-state index contributed by atoms with van der Waals surface area (Å²) in [5, 5.41) is 7.18. The van der Waals surface area contributed by atoms with Crippen LogP contribution in [0.1, 0.15) is 5.56 Å². The van der Waals surface area contributed by atoms with Gasteiger partial charge < -0.3 is 10.6 Å². The third-order valence-corrected chi connectivity index (χ3v) is 3.52. The van der Waals surface area contributed by atoms with Crippen LogP contribution in [0.15, 0.2) is 48.5 Å². The maximum absolute atomic E-state index is 11.7. The van der Waals surface area contributed by atoms with Gasteiger partial charge in [0.2, 0.25) is 5.91 Å². The third kappa shape index (κ3) is 5.38. The van der Waals surface area contributed by atoms with Crippen molar-refractivity contribution in [1.29, 1.82) is 0 Å².